The minimum Gasteiger partial charge on any atom is -0.327 e. The number of nitrogens with two attached hydrogens (primary N) is 1. The van der Waals surface area contributed by atoms with Gasteiger partial charge in [-0.1, -0.05) is 20.8 Å². The highest BCUT2D eigenvalue weighted by Gasteiger charge is 2.23. The number of nitrogens with zero attached hydrogens (tertiary/aromatic N) is 1. The van der Waals surface area contributed by atoms with E-state index in [9.17, 15) is 9.18 Å². The molecule has 1 unspecified atom stereocenters. The molecule has 4 nitrogen and oxygen atoms in total. The van der Waals surface area contributed by atoms with Crippen molar-refractivity contribution in [2.45, 2.75) is 33.2 Å². The average molecular weight is 263 g/mol. The lowest BCUT2D eigenvalue weighted by molar-refractivity contribution is -0.117. The number of nitrogens with one attached hydrogen (secondary N) is 1. The van der Waals surface area contributed by atoms with E-state index >= 15 is 0 Å². The van der Waals surface area contributed by atoms with Gasteiger partial charge in [-0.3, -0.25) is 4.79 Å². The predicted molar refractivity (Wildman–Crippen MR) is 71.8 cm³/mol. The van der Waals surface area contributed by atoms with Crippen LogP contribution in [0.2, 0.25) is 0 Å². The van der Waals surface area contributed by atoms with Crippen LogP contribution in [0.4, 0.5) is 10.1 Å². The van der Waals surface area contributed by atoms with E-state index in [2.05, 4.69) is 5.32 Å². The summed E-state index contributed by atoms with van der Waals surface area (Å²) < 4.78 is 13.1. The summed E-state index contributed by atoms with van der Waals surface area (Å²) >= 11 is 0. The van der Waals surface area contributed by atoms with Gasteiger partial charge in [-0.05, 0) is 23.6 Å². The molecule has 0 spiro atoms. The number of hydrogen-bond donors (Lipinski definition) is 2. The van der Waals surface area contributed by atoms with Gasteiger partial charge in [0.2, 0.25) is 5.91 Å². The fourth-order valence-corrected chi connectivity index (χ4v) is 1.41. The minimum absolute atomic E-state index is 0.0991. The van der Waals surface area contributed by atoms with Gasteiger partial charge in [-0.2, -0.15) is 5.26 Å². The monoisotopic (exact) mass is 263 g/mol. The highest BCUT2D eigenvalue weighted by molar-refractivity contribution is 5.91. The quantitative estimate of drug-likeness (QED) is 0.878. The Bertz CT molecular complexity index is 514. The van der Waals surface area contributed by atoms with Crippen LogP contribution in [-0.2, 0) is 4.79 Å². The van der Waals surface area contributed by atoms with E-state index in [1.807, 2.05) is 20.8 Å². The second kappa shape index (κ2) is 5.81. The summed E-state index contributed by atoms with van der Waals surface area (Å²) in [4.78, 5) is 11.8. The summed E-state index contributed by atoms with van der Waals surface area (Å²) in [6, 6.07) is 5.31. The van der Waals surface area contributed by atoms with E-state index in [1.54, 1.807) is 6.07 Å². The van der Waals surface area contributed by atoms with Crippen molar-refractivity contribution in [3.8, 4) is 6.07 Å². The van der Waals surface area contributed by atoms with Crippen molar-refractivity contribution in [1.29, 1.82) is 5.26 Å². The van der Waals surface area contributed by atoms with Crippen LogP contribution in [0.1, 0.15) is 32.8 Å². The van der Waals surface area contributed by atoms with Gasteiger partial charge in [0.25, 0.3) is 0 Å². The normalized spacial score (nSPS) is 12.6. The maximum Gasteiger partial charge on any atom is 0.225 e. The van der Waals surface area contributed by atoms with Gasteiger partial charge in [0, 0.05) is 18.2 Å². The third-order valence-corrected chi connectivity index (χ3v) is 2.89. The molecule has 0 fully saturated rings. The summed E-state index contributed by atoms with van der Waals surface area (Å²) in [5.41, 5.74) is 6.04. The maximum atomic E-state index is 13.1. The topological polar surface area (TPSA) is 78.9 Å². The van der Waals surface area contributed by atoms with E-state index in [1.165, 1.54) is 12.1 Å². The van der Waals surface area contributed by atoms with Gasteiger partial charge in [0.05, 0.1) is 5.56 Å². The standard InChI is InChI=1S/C14H18FN3O/c1-14(2,3)12(17)7-13(19)18-10-4-5-11(15)9(6-10)8-16/h4-6,12H,7,17H2,1-3H3,(H,18,19). The van der Waals surface area contributed by atoms with Crippen LogP contribution in [0.5, 0.6) is 0 Å². The maximum absolute atomic E-state index is 13.1. The molecule has 0 aromatic heterocycles. The van der Waals surface area contributed by atoms with Crippen molar-refractivity contribution in [2.75, 3.05) is 5.32 Å². The fraction of sp³-hybridized carbons (Fsp3) is 0.429. The average Bonchev–Trinajstić information content (AvgIpc) is 2.30. The lowest BCUT2D eigenvalue weighted by Crippen LogP contribution is -2.38. The molecule has 0 aliphatic rings. The first-order valence-electron chi connectivity index (χ1n) is 5.99. The Kier molecular flexibility index (Phi) is 4.62. The largest absolute Gasteiger partial charge is 0.327 e. The van der Waals surface area contributed by atoms with E-state index in [0.717, 1.165) is 6.07 Å². The van der Waals surface area contributed by atoms with Gasteiger partial charge in [-0.25, -0.2) is 4.39 Å². The summed E-state index contributed by atoms with van der Waals surface area (Å²) in [5, 5.41) is 11.3. The van der Waals surface area contributed by atoms with Crippen LogP contribution < -0.4 is 11.1 Å². The molecule has 1 aromatic rings. The number of nitriles is 1. The molecule has 1 atom stereocenters. The van der Waals surface area contributed by atoms with Crippen molar-refractivity contribution >= 4 is 11.6 Å². The highest BCUT2D eigenvalue weighted by Crippen LogP contribution is 2.20. The Morgan fingerprint density at radius 2 is 2.16 bits per heavy atom. The van der Waals surface area contributed by atoms with Crippen molar-refractivity contribution in [2.24, 2.45) is 11.1 Å². The molecule has 1 amide bonds. The lowest BCUT2D eigenvalue weighted by Gasteiger charge is -2.26. The third-order valence-electron chi connectivity index (χ3n) is 2.89. The number of amides is 1. The molecule has 1 aromatic carbocycles. The molecule has 19 heavy (non-hydrogen) atoms. The Hall–Kier alpha value is -1.93. The molecule has 0 radical (unpaired) electrons. The first-order chi connectivity index (χ1) is 8.74. The SMILES string of the molecule is CC(C)(C)C(N)CC(=O)Nc1ccc(F)c(C#N)c1. The zero-order valence-electron chi connectivity index (χ0n) is 11.3. The number of halogens is 1. The molecule has 0 aliphatic carbocycles. The van der Waals surface area contributed by atoms with E-state index < -0.39 is 5.82 Å². The number of benzene rings is 1. The highest BCUT2D eigenvalue weighted by atomic mass is 19.1. The Morgan fingerprint density at radius 1 is 1.53 bits per heavy atom. The van der Waals surface area contributed by atoms with E-state index in [-0.39, 0.29) is 29.3 Å². The van der Waals surface area contributed by atoms with E-state index in [4.69, 9.17) is 11.0 Å². The first kappa shape index (κ1) is 15.1. The van der Waals surface area contributed by atoms with Crippen LogP contribution >= 0.6 is 0 Å². The molecule has 5 heteroatoms. The number of carbonyl (C=O) groups is 1. The van der Waals surface area contributed by atoms with Crippen LogP contribution in [0, 0.1) is 22.6 Å². The Morgan fingerprint density at radius 3 is 2.68 bits per heavy atom. The molecular weight excluding hydrogens is 245 g/mol. The second-order valence-corrected chi connectivity index (χ2v) is 5.53. The lowest BCUT2D eigenvalue weighted by atomic mass is 9.85. The molecular formula is C14H18FN3O. The molecule has 0 heterocycles. The molecule has 0 bridgehead atoms. The second-order valence-electron chi connectivity index (χ2n) is 5.53. The molecule has 3 N–H and O–H groups in total. The Labute approximate surface area is 112 Å². The molecule has 1 rings (SSSR count). The Balaban J connectivity index is 2.71. The van der Waals surface area contributed by atoms with Crippen LogP contribution in [0.3, 0.4) is 0 Å². The van der Waals surface area contributed by atoms with Crippen molar-refractivity contribution in [1.82, 2.24) is 0 Å². The minimum atomic E-state index is -0.605. The van der Waals surface area contributed by atoms with Gasteiger partial charge in [-0.15, -0.1) is 0 Å². The fourth-order valence-electron chi connectivity index (χ4n) is 1.41. The first-order valence-corrected chi connectivity index (χ1v) is 5.99. The number of carbonyl (C=O) groups excluding carboxylic acids is 1. The number of anilines is 1. The number of rotatable bonds is 3. The third kappa shape index (κ3) is 4.34. The number of hydrogen-bond acceptors (Lipinski definition) is 3. The van der Waals surface area contributed by atoms with Crippen molar-refractivity contribution in [3.63, 3.8) is 0 Å². The van der Waals surface area contributed by atoms with Crippen molar-refractivity contribution in [3.05, 3.63) is 29.6 Å². The van der Waals surface area contributed by atoms with Crippen LogP contribution in [-0.4, -0.2) is 11.9 Å². The van der Waals surface area contributed by atoms with Gasteiger partial charge >= 0.3 is 0 Å². The summed E-state index contributed by atoms with van der Waals surface area (Å²) in [6.45, 7) is 5.86. The summed E-state index contributed by atoms with van der Waals surface area (Å²) in [6.07, 6.45) is 0.169. The molecule has 102 valence electrons. The van der Waals surface area contributed by atoms with E-state index in [0.29, 0.717) is 5.69 Å². The van der Waals surface area contributed by atoms with Gasteiger partial charge in [0.1, 0.15) is 11.9 Å². The smallest absolute Gasteiger partial charge is 0.225 e. The van der Waals surface area contributed by atoms with Gasteiger partial charge < -0.3 is 11.1 Å². The van der Waals surface area contributed by atoms with Crippen molar-refractivity contribution < 1.29 is 9.18 Å². The zero-order valence-corrected chi connectivity index (χ0v) is 11.3. The zero-order chi connectivity index (χ0) is 14.6. The molecule has 0 saturated heterocycles. The van der Waals surface area contributed by atoms with Crippen LogP contribution in [0.25, 0.3) is 0 Å². The molecule has 0 saturated carbocycles. The predicted octanol–water partition coefficient (Wildman–Crippen LogP) is 2.40. The summed E-state index contributed by atoms with van der Waals surface area (Å²) in [5.74, 6) is -0.857. The molecule has 0 aliphatic heterocycles. The van der Waals surface area contributed by atoms with Gasteiger partial charge in [0.15, 0.2) is 0 Å². The summed E-state index contributed by atoms with van der Waals surface area (Å²) in [7, 11) is 0. The van der Waals surface area contributed by atoms with Crippen LogP contribution in [0.15, 0.2) is 18.2 Å².